The van der Waals surface area contributed by atoms with Gasteiger partial charge >= 0.3 is 0 Å². The zero-order valence-electron chi connectivity index (χ0n) is 17.4. The van der Waals surface area contributed by atoms with Crippen LogP contribution in [0.3, 0.4) is 0 Å². The molecule has 0 bridgehead atoms. The average molecular weight is 459 g/mol. The number of allylic oxidation sites excluding steroid dienone is 4. The van der Waals surface area contributed by atoms with E-state index in [1.54, 1.807) is 0 Å². The molecule has 3 nitrogen and oxygen atoms in total. The number of hydrogen-bond donors (Lipinski definition) is 3. The zero-order chi connectivity index (χ0) is 22.1. The predicted octanol–water partition coefficient (Wildman–Crippen LogP) is 8.18. The summed E-state index contributed by atoms with van der Waals surface area (Å²) < 4.78 is 16.1. The fourth-order valence-electron chi connectivity index (χ4n) is 3.23. The molecule has 0 aliphatic heterocycles. The van der Waals surface area contributed by atoms with Crippen LogP contribution in [-0.2, 0) is 0 Å². The highest BCUT2D eigenvalue weighted by atomic mass is 32.1. The van der Waals surface area contributed by atoms with E-state index in [0.29, 0.717) is 17.2 Å². The third-order valence-electron chi connectivity index (χ3n) is 4.50. The van der Waals surface area contributed by atoms with Crippen molar-refractivity contribution in [2.45, 2.75) is 27.7 Å². The Kier molecular flexibility index (Phi) is 9.56. The molecule has 0 heterocycles. The van der Waals surface area contributed by atoms with E-state index in [2.05, 4.69) is 38.7 Å². The summed E-state index contributed by atoms with van der Waals surface area (Å²) in [7, 11) is 0. The van der Waals surface area contributed by atoms with Crippen molar-refractivity contribution >= 4 is 55.1 Å². The minimum Gasteiger partial charge on any atom is -0.428 e. The van der Waals surface area contributed by atoms with E-state index < -0.39 is 0 Å². The second kappa shape index (κ2) is 11.9. The third kappa shape index (κ3) is 4.94. The second-order valence-electron chi connectivity index (χ2n) is 6.03. The minimum atomic E-state index is 0.638. The highest BCUT2D eigenvalue weighted by molar-refractivity contribution is 7.75. The summed E-state index contributed by atoms with van der Waals surface area (Å²) in [6, 6.07) is 15.5. The van der Waals surface area contributed by atoms with E-state index in [0.717, 1.165) is 33.0 Å². The van der Waals surface area contributed by atoms with Gasteiger partial charge in [-0.3, -0.25) is 0 Å². The predicted molar refractivity (Wildman–Crippen MR) is 138 cm³/mol. The van der Waals surface area contributed by atoms with Crippen molar-refractivity contribution in [1.29, 1.82) is 0 Å². The van der Waals surface area contributed by atoms with Crippen LogP contribution in [0.15, 0.2) is 66.8 Å². The van der Waals surface area contributed by atoms with Crippen LogP contribution in [0.1, 0.15) is 33.3 Å². The Morgan fingerprint density at radius 1 is 0.800 bits per heavy atom. The van der Waals surface area contributed by atoms with E-state index >= 15 is 0 Å². The van der Waals surface area contributed by atoms with E-state index in [1.807, 2.05) is 94.5 Å². The molecule has 0 N–H and O–H groups in total. The van der Waals surface area contributed by atoms with Gasteiger partial charge in [-0.2, -0.15) is 0 Å². The summed E-state index contributed by atoms with van der Waals surface area (Å²) in [5.41, 5.74) is 3.70. The first-order valence-electron chi connectivity index (χ1n) is 9.62. The second-order valence-corrected chi connectivity index (χ2v) is 6.57. The largest absolute Gasteiger partial charge is 0.428 e. The van der Waals surface area contributed by atoms with Gasteiger partial charge in [0.05, 0.1) is 0 Å². The SMILES string of the molecule is C/C=C\C(=C/C)c1cc(-c2cc(OS)c3ccccc3c2OS)ccc1OS.CC. The van der Waals surface area contributed by atoms with Crippen LogP contribution < -0.4 is 12.5 Å². The molecule has 0 radical (unpaired) electrons. The molecule has 0 fully saturated rings. The highest BCUT2D eigenvalue weighted by Gasteiger charge is 2.17. The van der Waals surface area contributed by atoms with Gasteiger partial charge in [0, 0.05) is 60.6 Å². The Balaban J connectivity index is 0.00000155. The Bertz CT molecular complexity index is 1060. The molecule has 0 saturated carbocycles. The first-order valence-corrected chi connectivity index (χ1v) is 10.7. The molecule has 158 valence electrons. The van der Waals surface area contributed by atoms with Gasteiger partial charge in [-0.05, 0) is 43.2 Å². The van der Waals surface area contributed by atoms with Crippen LogP contribution in [0, 0.1) is 0 Å². The number of thiol groups is 3. The molecule has 3 aromatic carbocycles. The van der Waals surface area contributed by atoms with Gasteiger partial charge in [-0.25, -0.2) is 0 Å². The molecule has 30 heavy (non-hydrogen) atoms. The van der Waals surface area contributed by atoms with Crippen molar-refractivity contribution in [3.8, 4) is 28.4 Å². The molecule has 0 aromatic heterocycles. The van der Waals surface area contributed by atoms with Gasteiger partial charge < -0.3 is 12.5 Å². The van der Waals surface area contributed by atoms with Crippen molar-refractivity contribution in [3.05, 3.63) is 72.3 Å². The standard InChI is InChI=1S/C22H20O3S3.C2H6/c1-3-7-14(4-2)18-12-15(10-11-20(18)23-26)19-13-21(24-27)16-8-5-6-9-17(16)22(19)25-28;1-2/h3-13,26-28H,1-2H3;1-2H3/b7-3-,14-4+;. The molecule has 0 amide bonds. The topological polar surface area (TPSA) is 27.7 Å². The molecule has 0 unspecified atom stereocenters. The molecule has 3 aromatic rings. The Morgan fingerprint density at radius 2 is 1.47 bits per heavy atom. The van der Waals surface area contributed by atoms with E-state index in [4.69, 9.17) is 12.5 Å². The van der Waals surface area contributed by atoms with Crippen molar-refractivity contribution in [2.75, 3.05) is 0 Å². The van der Waals surface area contributed by atoms with Gasteiger partial charge in [-0.1, -0.05) is 62.4 Å². The van der Waals surface area contributed by atoms with Gasteiger partial charge in [-0.15, -0.1) is 0 Å². The fraction of sp³-hybridized carbons (Fsp3) is 0.167. The lowest BCUT2D eigenvalue weighted by atomic mass is 9.95. The molecular formula is C24H26O3S3. The first-order chi connectivity index (χ1) is 14.7. The summed E-state index contributed by atoms with van der Waals surface area (Å²) in [6.45, 7) is 7.95. The lowest BCUT2D eigenvalue weighted by molar-refractivity contribution is 0.653. The normalized spacial score (nSPS) is 11.2. The van der Waals surface area contributed by atoms with Crippen molar-refractivity contribution < 1.29 is 12.5 Å². The summed E-state index contributed by atoms with van der Waals surface area (Å²) in [5, 5.41) is 1.78. The molecule has 0 aliphatic carbocycles. The molecule has 3 rings (SSSR count). The maximum Gasteiger partial charge on any atom is 0.152 e. The number of fused-ring (bicyclic) bond motifs is 1. The zero-order valence-corrected chi connectivity index (χ0v) is 20.1. The monoisotopic (exact) mass is 458 g/mol. The maximum absolute atomic E-state index is 5.48. The Hall–Kier alpha value is -2.15. The summed E-state index contributed by atoms with van der Waals surface area (Å²) in [6.07, 6.45) is 6.03. The van der Waals surface area contributed by atoms with Gasteiger partial charge in [0.15, 0.2) is 5.75 Å². The van der Waals surface area contributed by atoms with Crippen molar-refractivity contribution in [2.24, 2.45) is 0 Å². The molecule has 0 spiro atoms. The maximum atomic E-state index is 5.48. The van der Waals surface area contributed by atoms with Gasteiger partial charge in [0.25, 0.3) is 0 Å². The Morgan fingerprint density at radius 3 is 2.03 bits per heavy atom. The number of rotatable bonds is 6. The summed E-state index contributed by atoms with van der Waals surface area (Å²) >= 11 is 12.1. The fourth-order valence-corrected chi connectivity index (χ4v) is 3.73. The van der Waals surface area contributed by atoms with E-state index in [9.17, 15) is 0 Å². The van der Waals surface area contributed by atoms with E-state index in [-0.39, 0.29) is 0 Å². The minimum absolute atomic E-state index is 0.638. The molecule has 6 heteroatoms. The van der Waals surface area contributed by atoms with Crippen molar-refractivity contribution in [1.82, 2.24) is 0 Å². The van der Waals surface area contributed by atoms with Gasteiger partial charge in [0.1, 0.15) is 11.5 Å². The van der Waals surface area contributed by atoms with Crippen LogP contribution in [0.25, 0.3) is 27.5 Å². The summed E-state index contributed by atoms with van der Waals surface area (Å²) in [4.78, 5) is 0. The lowest BCUT2D eigenvalue weighted by Crippen LogP contribution is -1.92. The molecule has 0 saturated heterocycles. The van der Waals surface area contributed by atoms with E-state index in [1.165, 1.54) is 0 Å². The van der Waals surface area contributed by atoms with Gasteiger partial charge in [0.2, 0.25) is 0 Å². The molecule has 0 aliphatic rings. The van der Waals surface area contributed by atoms with Crippen LogP contribution in [0.5, 0.6) is 17.2 Å². The smallest absolute Gasteiger partial charge is 0.152 e. The molecule has 0 atom stereocenters. The summed E-state index contributed by atoms with van der Waals surface area (Å²) in [5.74, 6) is 1.95. The number of hydrogen-bond acceptors (Lipinski definition) is 6. The highest BCUT2D eigenvalue weighted by Crippen LogP contribution is 2.44. The quantitative estimate of drug-likeness (QED) is 0.197. The molecular weight excluding hydrogens is 432 g/mol. The van der Waals surface area contributed by atoms with Crippen molar-refractivity contribution in [3.63, 3.8) is 0 Å². The lowest BCUT2D eigenvalue weighted by Gasteiger charge is -2.16. The first kappa shape index (κ1) is 24.1. The number of benzene rings is 3. The average Bonchev–Trinajstić information content (AvgIpc) is 2.82. The van der Waals surface area contributed by atoms with Crippen LogP contribution in [-0.4, -0.2) is 0 Å². The third-order valence-corrected chi connectivity index (χ3v) is 5.08. The van der Waals surface area contributed by atoms with Crippen LogP contribution in [0.2, 0.25) is 0 Å². The van der Waals surface area contributed by atoms with Crippen LogP contribution >= 0.6 is 38.7 Å². The Labute approximate surface area is 195 Å². The van der Waals surface area contributed by atoms with Crippen LogP contribution in [0.4, 0.5) is 0 Å².